The molecule has 3 fully saturated rings. The molecule has 0 aromatic heterocycles. The van der Waals surface area contributed by atoms with Crippen molar-refractivity contribution in [2.75, 3.05) is 20.7 Å². The number of methoxy groups -OCH3 is 1. The van der Waals surface area contributed by atoms with Gasteiger partial charge in [-0.05, 0) is 99.1 Å². The molecule has 0 unspecified atom stereocenters. The van der Waals surface area contributed by atoms with E-state index in [0.29, 0.717) is 19.3 Å². The van der Waals surface area contributed by atoms with Gasteiger partial charge in [0, 0.05) is 31.4 Å². The highest BCUT2D eigenvalue weighted by Gasteiger charge is 2.52. The topological polar surface area (TPSA) is 157 Å². The maximum absolute atomic E-state index is 14.2. The molecule has 0 radical (unpaired) electrons. The minimum absolute atomic E-state index is 0.0616. The summed E-state index contributed by atoms with van der Waals surface area (Å²) in [5, 5.41) is 47.4. The number of esters is 1. The summed E-state index contributed by atoms with van der Waals surface area (Å²) in [7, 11) is 3.66. The predicted molar refractivity (Wildman–Crippen MR) is 198 cm³/mol. The number of cyclic esters (lactones) is 1. The van der Waals surface area contributed by atoms with Crippen molar-refractivity contribution >= 4 is 5.97 Å². The molecule has 3 aliphatic heterocycles. The van der Waals surface area contributed by atoms with Crippen LogP contribution in [-0.2, 0) is 33.2 Å². The second-order valence-electron chi connectivity index (χ2n) is 17.6. The molecule has 306 valence electrons. The molecule has 0 bridgehead atoms. The number of carbonyl (C=O) groups excluding carboxylic acids is 1. The Morgan fingerprint density at radius 1 is 0.923 bits per heavy atom. The van der Waals surface area contributed by atoms with Crippen LogP contribution in [0.15, 0.2) is 0 Å². The number of nitrogens with zero attached hydrogens (tertiary/aromatic N) is 1. The molecule has 18 atom stereocenters. The number of hydrogen-bond acceptors (Lipinski definition) is 12. The Morgan fingerprint density at radius 2 is 1.56 bits per heavy atom. The zero-order chi connectivity index (χ0) is 39.5. The van der Waals surface area contributed by atoms with Gasteiger partial charge in [-0.3, -0.25) is 4.79 Å². The van der Waals surface area contributed by atoms with Crippen LogP contribution in [0, 0.1) is 29.6 Å². The highest BCUT2D eigenvalue weighted by atomic mass is 16.7. The second-order valence-corrected chi connectivity index (χ2v) is 17.6. The van der Waals surface area contributed by atoms with E-state index in [1.807, 2.05) is 55.5 Å². The largest absolute Gasteiger partial charge is 0.459 e. The van der Waals surface area contributed by atoms with Gasteiger partial charge in [0.25, 0.3) is 0 Å². The first-order valence-electron chi connectivity index (χ1n) is 19.9. The van der Waals surface area contributed by atoms with E-state index < -0.39 is 77.7 Å². The third kappa shape index (κ3) is 10.3. The molecule has 0 spiro atoms. The van der Waals surface area contributed by atoms with Gasteiger partial charge in [0.05, 0.1) is 47.6 Å². The van der Waals surface area contributed by atoms with Crippen LogP contribution < -0.4 is 0 Å². The molecule has 12 nitrogen and oxygen atoms in total. The van der Waals surface area contributed by atoms with E-state index in [1.165, 1.54) is 6.92 Å². The highest BCUT2D eigenvalue weighted by molar-refractivity contribution is 5.73. The lowest BCUT2D eigenvalue weighted by Gasteiger charge is -2.49. The molecule has 0 saturated carbocycles. The SMILES string of the molecule is CCCN(C)[C@H]1C[C@@H](C)O[C@@H](O[C@@H]2[C@@H](C)[C@H](O[C@H]3C[C@@](C)(OC)[C@@H](C)[C@H](C)O3)[C@@H](C)C(=O)O[C@@H](CC)[C@@](C)(O)[C@H](O)[C@H](C)C[C@H](C)C[C@]2(C)O)[C@@H]1O. The van der Waals surface area contributed by atoms with Crippen molar-refractivity contribution in [3.63, 3.8) is 0 Å². The predicted octanol–water partition coefficient (Wildman–Crippen LogP) is 4.66. The first kappa shape index (κ1) is 45.5. The zero-order valence-electron chi connectivity index (χ0n) is 34.7. The van der Waals surface area contributed by atoms with Gasteiger partial charge in [-0.1, -0.05) is 41.5 Å². The van der Waals surface area contributed by atoms with Crippen LogP contribution in [-0.4, -0.2) is 130 Å². The van der Waals surface area contributed by atoms with E-state index in [-0.39, 0.29) is 48.8 Å². The molecule has 3 saturated heterocycles. The van der Waals surface area contributed by atoms with Crippen LogP contribution in [0.2, 0.25) is 0 Å². The van der Waals surface area contributed by atoms with E-state index in [4.69, 9.17) is 28.4 Å². The maximum atomic E-state index is 14.2. The van der Waals surface area contributed by atoms with Gasteiger partial charge in [-0.15, -0.1) is 0 Å². The molecular weight excluding hydrogens is 670 g/mol. The molecule has 52 heavy (non-hydrogen) atoms. The van der Waals surface area contributed by atoms with Crippen molar-refractivity contribution in [2.45, 2.75) is 200 Å². The Bertz CT molecular complexity index is 1120. The summed E-state index contributed by atoms with van der Waals surface area (Å²) in [4.78, 5) is 16.3. The normalized spacial score (nSPS) is 49.0. The number of rotatable bonds is 9. The van der Waals surface area contributed by atoms with Crippen molar-refractivity contribution in [1.29, 1.82) is 0 Å². The van der Waals surface area contributed by atoms with Gasteiger partial charge < -0.3 is 53.7 Å². The number of aliphatic hydroxyl groups is 4. The lowest BCUT2D eigenvalue weighted by molar-refractivity contribution is -0.314. The summed E-state index contributed by atoms with van der Waals surface area (Å²) < 4.78 is 38.3. The Balaban J connectivity index is 2.15. The number of ether oxygens (including phenoxy) is 6. The molecule has 0 aliphatic carbocycles. The first-order valence-corrected chi connectivity index (χ1v) is 19.9. The smallest absolute Gasteiger partial charge is 0.311 e. The number of carbonyl (C=O) groups is 1. The lowest BCUT2D eigenvalue weighted by Crippen LogP contribution is -2.60. The first-order chi connectivity index (χ1) is 24.0. The quantitative estimate of drug-likeness (QED) is 0.243. The minimum Gasteiger partial charge on any atom is -0.459 e. The fourth-order valence-corrected chi connectivity index (χ4v) is 9.32. The molecule has 0 aromatic carbocycles. The Morgan fingerprint density at radius 3 is 2.13 bits per heavy atom. The van der Waals surface area contributed by atoms with Crippen LogP contribution in [0.25, 0.3) is 0 Å². The standard InChI is InChI=1S/C40H75NO11/c1-15-17-41(13)29-19-24(5)48-37(32(29)42)52-35-25(6)33(51-31-21-39(11,47-14)27(8)28(9)49-31)26(7)36(44)50-30(16-2)40(12,46)34(43)23(4)18-22(3)20-38(35,10)45/h22-35,37,42-43,45-46H,15-21H2,1-14H3/t22-,23+,24+,25-,26+,27-,28-,29-,30-,31-,32+,33-,34+,35+,37-,38-,39+,40+/m0/s1. The van der Waals surface area contributed by atoms with Gasteiger partial charge in [-0.2, -0.15) is 0 Å². The fraction of sp³-hybridized carbons (Fsp3) is 0.975. The molecule has 12 heteroatoms. The van der Waals surface area contributed by atoms with Crippen molar-refractivity contribution in [3.8, 4) is 0 Å². The Kier molecular flexibility index (Phi) is 16.0. The molecule has 0 amide bonds. The van der Waals surface area contributed by atoms with Gasteiger partial charge in [0.1, 0.15) is 17.8 Å². The summed E-state index contributed by atoms with van der Waals surface area (Å²) in [6.07, 6.45) is -4.42. The summed E-state index contributed by atoms with van der Waals surface area (Å²) in [5.41, 5.74) is -3.81. The number of likely N-dealkylation sites (N-methyl/N-ethyl adjacent to an activating group) is 1. The maximum Gasteiger partial charge on any atom is 0.311 e. The van der Waals surface area contributed by atoms with Gasteiger partial charge in [-0.25, -0.2) is 0 Å². The highest BCUT2D eigenvalue weighted by Crippen LogP contribution is 2.42. The van der Waals surface area contributed by atoms with Crippen molar-refractivity contribution < 1.29 is 53.6 Å². The summed E-state index contributed by atoms with van der Waals surface area (Å²) >= 11 is 0. The van der Waals surface area contributed by atoms with Crippen molar-refractivity contribution in [1.82, 2.24) is 4.90 Å². The molecule has 3 aliphatic rings. The van der Waals surface area contributed by atoms with Crippen molar-refractivity contribution in [3.05, 3.63) is 0 Å². The monoisotopic (exact) mass is 746 g/mol. The van der Waals surface area contributed by atoms with E-state index in [9.17, 15) is 25.2 Å². The third-order valence-corrected chi connectivity index (χ3v) is 12.8. The average molecular weight is 746 g/mol. The van der Waals surface area contributed by atoms with Gasteiger partial charge >= 0.3 is 5.97 Å². The van der Waals surface area contributed by atoms with Gasteiger partial charge in [0.2, 0.25) is 0 Å². The van der Waals surface area contributed by atoms with Crippen molar-refractivity contribution in [2.24, 2.45) is 29.6 Å². The molecular formula is C40H75NO11. The van der Waals surface area contributed by atoms with Crippen LogP contribution in [0.1, 0.15) is 122 Å². The van der Waals surface area contributed by atoms with Crippen LogP contribution >= 0.6 is 0 Å². The summed E-state index contributed by atoms with van der Waals surface area (Å²) in [6, 6.07) is -0.223. The molecule has 3 heterocycles. The summed E-state index contributed by atoms with van der Waals surface area (Å²) in [5.74, 6) is -2.66. The Hall–Kier alpha value is -0.930. The van der Waals surface area contributed by atoms with E-state index in [1.54, 1.807) is 21.0 Å². The zero-order valence-corrected chi connectivity index (χ0v) is 34.7. The molecule has 0 aromatic rings. The van der Waals surface area contributed by atoms with Crippen LogP contribution in [0.4, 0.5) is 0 Å². The Labute approximate surface area is 314 Å². The van der Waals surface area contributed by atoms with E-state index in [2.05, 4.69) is 18.7 Å². The molecule has 3 rings (SSSR count). The minimum atomic E-state index is -1.73. The average Bonchev–Trinajstić information content (AvgIpc) is 3.06. The van der Waals surface area contributed by atoms with Crippen LogP contribution in [0.5, 0.6) is 0 Å². The van der Waals surface area contributed by atoms with E-state index in [0.717, 1.165) is 13.0 Å². The second kappa shape index (κ2) is 18.3. The fourth-order valence-electron chi connectivity index (χ4n) is 9.32. The van der Waals surface area contributed by atoms with Crippen LogP contribution in [0.3, 0.4) is 0 Å². The molecule has 4 N–H and O–H groups in total. The van der Waals surface area contributed by atoms with Gasteiger partial charge in [0.15, 0.2) is 12.6 Å². The number of aliphatic hydroxyl groups excluding tert-OH is 2. The summed E-state index contributed by atoms with van der Waals surface area (Å²) in [6.45, 7) is 23.4. The van der Waals surface area contributed by atoms with E-state index >= 15 is 0 Å². The third-order valence-electron chi connectivity index (χ3n) is 12.8. The lowest BCUT2D eigenvalue weighted by atomic mass is 9.74. The number of hydrogen-bond donors (Lipinski definition) is 4.